The fraction of sp³-hybridized carbons (Fsp3) is 0.300. The molecule has 1 aliphatic rings. The van der Waals surface area contributed by atoms with E-state index in [0.717, 1.165) is 12.1 Å². The van der Waals surface area contributed by atoms with E-state index in [2.05, 4.69) is 0 Å². The zero-order chi connectivity index (χ0) is 21.3. The van der Waals surface area contributed by atoms with Gasteiger partial charge < -0.3 is 4.74 Å². The predicted octanol–water partition coefficient (Wildman–Crippen LogP) is 3.85. The molecule has 0 N–H and O–H groups in total. The van der Waals surface area contributed by atoms with Crippen molar-refractivity contribution < 1.29 is 31.1 Å². The summed E-state index contributed by atoms with van der Waals surface area (Å²) in [6.07, 6.45) is -4.78. The van der Waals surface area contributed by atoms with Gasteiger partial charge >= 0.3 is 12.1 Å². The van der Waals surface area contributed by atoms with E-state index >= 15 is 0 Å². The van der Waals surface area contributed by atoms with Crippen molar-refractivity contribution in [3.63, 3.8) is 0 Å². The lowest BCUT2D eigenvalue weighted by molar-refractivity contribution is -0.149. The molecule has 0 aromatic heterocycles. The summed E-state index contributed by atoms with van der Waals surface area (Å²) in [6, 6.07) is 12.6. The standard InChI is InChI=1S/C20H16F3NO4S/c21-20(22,23)15-6-8-17(9-7-15)29(26,27)19(13-24,14-4-2-1-3-5-14)16-10-11-28-18(25)12-16/h1-9,16H,10-12H2/t16-,19+/m0/s1. The Morgan fingerprint density at radius 2 is 1.62 bits per heavy atom. The molecule has 0 unspecified atom stereocenters. The highest BCUT2D eigenvalue weighted by atomic mass is 32.2. The van der Waals surface area contributed by atoms with E-state index in [9.17, 15) is 31.6 Å². The lowest BCUT2D eigenvalue weighted by Crippen LogP contribution is -2.45. The number of carbonyl (C=O) groups excluding carboxylic acids is 1. The van der Waals surface area contributed by atoms with Crippen LogP contribution in [-0.4, -0.2) is 21.0 Å². The van der Waals surface area contributed by atoms with Crippen LogP contribution in [0, 0.1) is 17.2 Å². The summed E-state index contributed by atoms with van der Waals surface area (Å²) < 4.78 is 68.5. The first-order valence-corrected chi connectivity index (χ1v) is 10.2. The summed E-state index contributed by atoms with van der Waals surface area (Å²) in [5.41, 5.74) is -0.845. The van der Waals surface area contributed by atoms with Gasteiger partial charge in [-0.05, 0) is 36.2 Å². The number of carbonyl (C=O) groups is 1. The molecule has 152 valence electrons. The smallest absolute Gasteiger partial charge is 0.416 e. The van der Waals surface area contributed by atoms with Crippen molar-refractivity contribution in [3.8, 4) is 6.07 Å². The summed E-state index contributed by atoms with van der Waals surface area (Å²) in [4.78, 5) is 11.4. The Balaban J connectivity index is 2.20. The normalized spacial score (nSPS) is 19.7. The zero-order valence-corrected chi connectivity index (χ0v) is 15.8. The molecule has 5 nitrogen and oxygen atoms in total. The number of rotatable bonds is 4. The van der Waals surface area contributed by atoms with Crippen molar-refractivity contribution >= 4 is 15.8 Å². The molecule has 1 heterocycles. The van der Waals surface area contributed by atoms with Gasteiger partial charge in [0.15, 0.2) is 4.75 Å². The Kier molecular flexibility index (Phi) is 5.41. The maximum atomic E-state index is 13.6. The number of nitrogens with zero attached hydrogens (tertiary/aromatic N) is 1. The van der Waals surface area contributed by atoms with Crippen molar-refractivity contribution in [2.24, 2.45) is 5.92 Å². The third-order valence-corrected chi connectivity index (χ3v) is 7.40. The van der Waals surface area contributed by atoms with Crippen LogP contribution in [0.4, 0.5) is 13.2 Å². The van der Waals surface area contributed by atoms with Gasteiger partial charge in [0.2, 0.25) is 9.84 Å². The van der Waals surface area contributed by atoms with Gasteiger partial charge in [-0.1, -0.05) is 30.3 Å². The van der Waals surface area contributed by atoms with Gasteiger partial charge in [0.25, 0.3) is 0 Å². The molecule has 1 saturated heterocycles. The number of alkyl halides is 3. The van der Waals surface area contributed by atoms with Gasteiger partial charge in [-0.3, -0.25) is 4.79 Å². The summed E-state index contributed by atoms with van der Waals surface area (Å²) in [7, 11) is -4.49. The van der Waals surface area contributed by atoms with E-state index in [0.29, 0.717) is 12.1 Å². The molecular formula is C20H16F3NO4S. The minimum absolute atomic E-state index is 0.0394. The zero-order valence-electron chi connectivity index (χ0n) is 15.0. The molecule has 0 aliphatic carbocycles. The molecular weight excluding hydrogens is 407 g/mol. The average Bonchev–Trinajstić information content (AvgIpc) is 2.69. The van der Waals surface area contributed by atoms with E-state index in [1.807, 2.05) is 6.07 Å². The molecule has 0 bridgehead atoms. The number of benzene rings is 2. The number of esters is 1. The molecule has 29 heavy (non-hydrogen) atoms. The van der Waals surface area contributed by atoms with Gasteiger partial charge in [0, 0.05) is 5.92 Å². The van der Waals surface area contributed by atoms with E-state index in [1.165, 1.54) is 12.1 Å². The van der Waals surface area contributed by atoms with Gasteiger partial charge in [-0.2, -0.15) is 18.4 Å². The monoisotopic (exact) mass is 423 g/mol. The minimum atomic E-state index is -4.62. The fourth-order valence-corrected chi connectivity index (χ4v) is 5.62. The lowest BCUT2D eigenvalue weighted by atomic mass is 9.81. The summed E-state index contributed by atoms with van der Waals surface area (Å²) in [5.74, 6) is -1.54. The third kappa shape index (κ3) is 3.60. The Morgan fingerprint density at radius 3 is 2.14 bits per heavy atom. The largest absolute Gasteiger partial charge is 0.466 e. The highest BCUT2D eigenvalue weighted by Gasteiger charge is 2.54. The number of sulfone groups is 1. The van der Waals surface area contributed by atoms with Crippen LogP contribution >= 0.6 is 0 Å². The lowest BCUT2D eigenvalue weighted by Gasteiger charge is -2.36. The number of hydrogen-bond donors (Lipinski definition) is 0. The highest BCUT2D eigenvalue weighted by molar-refractivity contribution is 7.92. The van der Waals surface area contributed by atoms with Crippen LogP contribution in [0.15, 0.2) is 59.5 Å². The summed E-state index contributed by atoms with van der Waals surface area (Å²) in [5, 5.41) is 10.1. The number of ether oxygens (including phenoxy) is 1. The molecule has 1 fully saturated rings. The molecule has 0 saturated carbocycles. The first-order chi connectivity index (χ1) is 13.6. The van der Waals surface area contributed by atoms with Crippen LogP contribution in [0.25, 0.3) is 0 Å². The molecule has 2 aromatic rings. The van der Waals surface area contributed by atoms with Crippen LogP contribution in [0.5, 0.6) is 0 Å². The maximum Gasteiger partial charge on any atom is 0.416 e. The van der Waals surface area contributed by atoms with Crippen molar-refractivity contribution in [1.29, 1.82) is 5.26 Å². The SMILES string of the molecule is N#C[C@@](c1ccccc1)([C@H]1CCOC(=O)C1)S(=O)(=O)c1ccc(C(F)(F)F)cc1. The molecule has 2 atom stereocenters. The Morgan fingerprint density at radius 1 is 1.00 bits per heavy atom. The summed E-state index contributed by atoms with van der Waals surface area (Å²) >= 11 is 0. The first-order valence-electron chi connectivity index (χ1n) is 8.67. The van der Waals surface area contributed by atoms with E-state index in [1.54, 1.807) is 18.2 Å². The number of nitriles is 1. The molecule has 0 spiro atoms. The Bertz CT molecular complexity index is 1040. The van der Waals surface area contributed by atoms with Crippen LogP contribution in [-0.2, 0) is 30.3 Å². The van der Waals surface area contributed by atoms with Crippen LogP contribution in [0.2, 0.25) is 0 Å². The molecule has 0 radical (unpaired) electrons. The van der Waals surface area contributed by atoms with Crippen molar-refractivity contribution in [3.05, 3.63) is 65.7 Å². The fourth-order valence-electron chi connectivity index (χ4n) is 3.55. The number of hydrogen-bond acceptors (Lipinski definition) is 5. The second-order valence-electron chi connectivity index (χ2n) is 6.65. The predicted molar refractivity (Wildman–Crippen MR) is 96.0 cm³/mol. The van der Waals surface area contributed by atoms with Crippen molar-refractivity contribution in [2.45, 2.75) is 28.7 Å². The molecule has 9 heteroatoms. The molecule has 1 aliphatic heterocycles. The number of cyclic esters (lactones) is 1. The van der Waals surface area contributed by atoms with Gasteiger partial charge in [0.05, 0.1) is 29.6 Å². The highest BCUT2D eigenvalue weighted by Crippen LogP contribution is 2.46. The van der Waals surface area contributed by atoms with E-state index in [4.69, 9.17) is 4.74 Å². The second-order valence-corrected chi connectivity index (χ2v) is 8.77. The molecule has 2 aromatic carbocycles. The van der Waals surface area contributed by atoms with E-state index in [-0.39, 0.29) is 25.0 Å². The topological polar surface area (TPSA) is 84.2 Å². The number of halogens is 3. The quantitative estimate of drug-likeness (QED) is 0.698. The molecule has 0 amide bonds. The molecule has 3 rings (SSSR count). The maximum absolute atomic E-state index is 13.6. The van der Waals surface area contributed by atoms with Crippen molar-refractivity contribution in [2.75, 3.05) is 6.61 Å². The first kappa shape index (κ1) is 20.9. The van der Waals surface area contributed by atoms with Crippen LogP contribution in [0.1, 0.15) is 24.0 Å². The second kappa shape index (κ2) is 7.52. The Hall–Kier alpha value is -2.86. The van der Waals surface area contributed by atoms with Crippen molar-refractivity contribution in [1.82, 2.24) is 0 Å². The van der Waals surface area contributed by atoms with Gasteiger partial charge in [-0.15, -0.1) is 0 Å². The van der Waals surface area contributed by atoms with E-state index < -0.39 is 43.1 Å². The van der Waals surface area contributed by atoms with Crippen LogP contribution in [0.3, 0.4) is 0 Å². The minimum Gasteiger partial charge on any atom is -0.466 e. The Labute approximate surface area is 165 Å². The van der Waals surface area contributed by atoms with Crippen LogP contribution < -0.4 is 0 Å². The average molecular weight is 423 g/mol. The van der Waals surface area contributed by atoms with Gasteiger partial charge in [-0.25, -0.2) is 8.42 Å². The third-order valence-electron chi connectivity index (χ3n) is 5.00. The van der Waals surface area contributed by atoms with Gasteiger partial charge in [0.1, 0.15) is 0 Å². The summed E-state index contributed by atoms with van der Waals surface area (Å²) in [6.45, 7) is -0.0394.